The molecular weight excluding hydrogens is 273 g/mol. The first kappa shape index (κ1) is 13.4. The van der Waals surface area contributed by atoms with E-state index in [0.29, 0.717) is 0 Å². The minimum atomic E-state index is 0.177. The van der Waals surface area contributed by atoms with Crippen LogP contribution in [-0.4, -0.2) is 20.7 Å². The van der Waals surface area contributed by atoms with Crippen LogP contribution in [0.1, 0.15) is 0 Å². The Balaban J connectivity index is 2.91. The third kappa shape index (κ3) is 12.4. The van der Waals surface area contributed by atoms with Gasteiger partial charge >= 0.3 is 0 Å². The van der Waals surface area contributed by atoms with Crippen LogP contribution in [0.4, 0.5) is 0 Å². The van der Waals surface area contributed by atoms with E-state index >= 15 is 0 Å². The summed E-state index contributed by atoms with van der Waals surface area (Å²) in [6.45, 7) is 0. The van der Waals surface area contributed by atoms with Crippen LogP contribution >= 0.6 is 81.9 Å². The quantitative estimate of drug-likeness (QED) is 0.255. The van der Waals surface area contributed by atoms with Gasteiger partial charge in [-0.15, -0.1) is 0 Å². The molecule has 0 nitrogen and oxygen atoms in total. The minimum absolute atomic E-state index is 0.177. The molecule has 0 unspecified atom stereocenters. The van der Waals surface area contributed by atoms with Crippen LogP contribution in [-0.2, 0) is 0 Å². The lowest BCUT2D eigenvalue weighted by Crippen LogP contribution is -1.89. The second kappa shape index (κ2) is 9.02. The van der Waals surface area contributed by atoms with Gasteiger partial charge in [0.2, 0.25) is 0 Å². The third-order valence-electron chi connectivity index (χ3n) is 0.530. The van der Waals surface area contributed by atoms with E-state index < -0.39 is 0 Å². The molecule has 0 atom stereocenters. The summed E-state index contributed by atoms with van der Waals surface area (Å²) in [5, 5.41) is 0. The molecule has 0 fully saturated rings. The molecule has 68 valence electrons. The first-order valence-electron chi connectivity index (χ1n) is 2.76. The fourth-order valence-electron chi connectivity index (χ4n) is 0.211. The van der Waals surface area contributed by atoms with Gasteiger partial charge in [0.25, 0.3) is 0 Å². The minimum Gasteiger partial charge on any atom is -0.164 e. The zero-order chi connectivity index (χ0) is 8.69. The summed E-state index contributed by atoms with van der Waals surface area (Å²) in [4.78, 5) is 0. The fourth-order valence-corrected chi connectivity index (χ4v) is 5.70. The molecule has 0 amide bonds. The molecule has 0 spiro atoms. The van der Waals surface area contributed by atoms with E-state index in [0.717, 1.165) is 11.5 Å². The Morgan fingerprint density at radius 1 is 0.818 bits per heavy atom. The average molecular weight is 283 g/mol. The Morgan fingerprint density at radius 2 is 1.18 bits per heavy atom. The van der Waals surface area contributed by atoms with Gasteiger partial charge < -0.3 is 0 Å². The van der Waals surface area contributed by atoms with E-state index in [1.165, 1.54) is 0 Å². The Bertz CT molecular complexity index is 72.5. The number of hydrogen-bond acceptors (Lipinski definition) is 7. The summed E-state index contributed by atoms with van der Waals surface area (Å²) >= 11 is 16.5. The molecule has 0 rings (SSSR count). The Kier molecular flexibility index (Phi) is 11.0. The SMILES string of the molecule is SC(S)CSSSCC(S)S. The fraction of sp³-hybridized carbons (Fsp3) is 1.00. The second-order valence-electron chi connectivity index (χ2n) is 1.60. The molecule has 0 heterocycles. The summed E-state index contributed by atoms with van der Waals surface area (Å²) < 4.78 is 0.354. The van der Waals surface area contributed by atoms with Gasteiger partial charge in [0.1, 0.15) is 0 Å². The number of hydrogen-bond donors (Lipinski definition) is 4. The molecule has 11 heavy (non-hydrogen) atoms. The van der Waals surface area contributed by atoms with E-state index in [4.69, 9.17) is 0 Å². The first-order valence-corrected chi connectivity index (χ1v) is 8.65. The number of thiol groups is 4. The van der Waals surface area contributed by atoms with Crippen molar-refractivity contribution in [1.82, 2.24) is 0 Å². The summed E-state index contributed by atoms with van der Waals surface area (Å²) in [5.74, 6) is 1.90. The Hall–Kier alpha value is 2.45. The van der Waals surface area contributed by atoms with Crippen molar-refractivity contribution in [2.45, 2.75) is 9.16 Å². The summed E-state index contributed by atoms with van der Waals surface area (Å²) in [5.41, 5.74) is 0. The molecule has 0 aromatic carbocycles. The van der Waals surface area contributed by atoms with Gasteiger partial charge in [0, 0.05) is 11.5 Å². The lowest BCUT2D eigenvalue weighted by Gasteiger charge is -2.02. The van der Waals surface area contributed by atoms with E-state index in [2.05, 4.69) is 50.5 Å². The van der Waals surface area contributed by atoms with Crippen molar-refractivity contribution in [3.05, 3.63) is 0 Å². The topological polar surface area (TPSA) is 0 Å². The van der Waals surface area contributed by atoms with Crippen molar-refractivity contribution >= 4 is 81.9 Å². The van der Waals surface area contributed by atoms with Crippen molar-refractivity contribution in [3.8, 4) is 0 Å². The van der Waals surface area contributed by atoms with Crippen LogP contribution in [0.25, 0.3) is 0 Å². The van der Waals surface area contributed by atoms with Gasteiger partial charge in [-0.3, -0.25) is 0 Å². The summed E-state index contributed by atoms with van der Waals surface area (Å²) in [7, 11) is 5.27. The van der Waals surface area contributed by atoms with Crippen LogP contribution in [0.3, 0.4) is 0 Å². The van der Waals surface area contributed by atoms with E-state index in [-0.39, 0.29) is 9.16 Å². The Morgan fingerprint density at radius 3 is 1.45 bits per heavy atom. The smallest absolute Gasteiger partial charge is 0.0541 e. The first-order chi connectivity index (χ1) is 5.13. The van der Waals surface area contributed by atoms with E-state index in [9.17, 15) is 0 Å². The van der Waals surface area contributed by atoms with Gasteiger partial charge in [-0.1, -0.05) is 21.6 Å². The standard InChI is InChI=1S/C4H10S7/c5-3(6)1-9-11-10-2-4(7)8/h3-8H,1-2H2. The highest BCUT2D eigenvalue weighted by atomic mass is 33.5. The third-order valence-corrected chi connectivity index (χ3v) is 6.51. The summed E-state index contributed by atoms with van der Waals surface area (Å²) in [6.07, 6.45) is 0. The molecular formula is C4H10S7. The molecule has 0 saturated heterocycles. The van der Waals surface area contributed by atoms with Crippen LogP contribution in [0.5, 0.6) is 0 Å². The lowest BCUT2D eigenvalue weighted by atomic mass is 10.9. The summed E-state index contributed by atoms with van der Waals surface area (Å²) in [6, 6.07) is 0. The monoisotopic (exact) mass is 282 g/mol. The van der Waals surface area contributed by atoms with Crippen molar-refractivity contribution < 1.29 is 0 Å². The molecule has 0 N–H and O–H groups in total. The predicted octanol–water partition coefficient (Wildman–Crippen LogP) is 3.39. The van der Waals surface area contributed by atoms with Crippen LogP contribution < -0.4 is 0 Å². The highest BCUT2D eigenvalue weighted by Crippen LogP contribution is 2.36. The largest absolute Gasteiger partial charge is 0.164 e. The normalized spacial score (nSPS) is 11.5. The molecule has 0 aromatic rings. The van der Waals surface area contributed by atoms with Gasteiger partial charge in [-0.2, -0.15) is 50.5 Å². The van der Waals surface area contributed by atoms with Crippen LogP contribution in [0.2, 0.25) is 0 Å². The molecule has 7 heteroatoms. The zero-order valence-corrected chi connectivity index (χ0v) is 11.6. The van der Waals surface area contributed by atoms with Crippen LogP contribution in [0.15, 0.2) is 0 Å². The molecule has 0 aliphatic heterocycles. The second-order valence-corrected chi connectivity index (χ2v) is 9.23. The molecule has 0 aliphatic rings. The average Bonchev–Trinajstić information content (AvgIpc) is 1.85. The van der Waals surface area contributed by atoms with Crippen molar-refractivity contribution in [2.24, 2.45) is 0 Å². The lowest BCUT2D eigenvalue weighted by molar-refractivity contribution is 1.49. The van der Waals surface area contributed by atoms with Gasteiger partial charge in [-0.25, -0.2) is 0 Å². The molecule has 0 aromatic heterocycles. The molecule has 0 radical (unpaired) electrons. The maximum absolute atomic E-state index is 4.13. The number of rotatable bonds is 6. The van der Waals surface area contributed by atoms with Gasteiger partial charge in [-0.05, 0) is 9.83 Å². The predicted molar refractivity (Wildman–Crippen MR) is 76.0 cm³/mol. The van der Waals surface area contributed by atoms with Crippen molar-refractivity contribution in [2.75, 3.05) is 11.5 Å². The molecule has 0 saturated carbocycles. The van der Waals surface area contributed by atoms with Gasteiger partial charge in [0.15, 0.2) is 0 Å². The molecule has 0 aliphatic carbocycles. The van der Waals surface area contributed by atoms with Gasteiger partial charge in [0.05, 0.1) is 9.16 Å². The van der Waals surface area contributed by atoms with Crippen LogP contribution in [0, 0.1) is 0 Å². The highest BCUT2D eigenvalue weighted by Gasteiger charge is 1.99. The maximum Gasteiger partial charge on any atom is 0.0541 e. The molecule has 0 bridgehead atoms. The maximum atomic E-state index is 4.13. The highest BCUT2D eigenvalue weighted by molar-refractivity contribution is 9.09. The van der Waals surface area contributed by atoms with E-state index in [1.54, 1.807) is 31.4 Å². The van der Waals surface area contributed by atoms with E-state index in [1.807, 2.05) is 0 Å². The zero-order valence-electron chi connectivity index (χ0n) is 5.58. The van der Waals surface area contributed by atoms with Crippen molar-refractivity contribution in [3.63, 3.8) is 0 Å². The Labute approximate surface area is 102 Å². The van der Waals surface area contributed by atoms with Crippen molar-refractivity contribution in [1.29, 1.82) is 0 Å².